The quantitative estimate of drug-likeness (QED) is 0.248. The average molecular weight is 348 g/mol. The van der Waals surface area contributed by atoms with Crippen molar-refractivity contribution in [2.75, 3.05) is 20.2 Å². The van der Waals surface area contributed by atoms with Crippen LogP contribution in [0.5, 0.6) is 0 Å². The molecule has 1 aliphatic carbocycles. The van der Waals surface area contributed by atoms with Crippen molar-refractivity contribution in [1.82, 2.24) is 10.6 Å². The summed E-state index contributed by atoms with van der Waals surface area (Å²) in [5, 5.41) is 17.2. The molecule has 0 unspecified atom stereocenters. The largest absolute Gasteiger partial charge is 0.378 e. The van der Waals surface area contributed by atoms with E-state index in [-0.39, 0.29) is 10.6 Å². The molecule has 25 heavy (non-hydrogen) atoms. The van der Waals surface area contributed by atoms with E-state index in [1.165, 1.54) is 38.2 Å². The van der Waals surface area contributed by atoms with E-state index >= 15 is 0 Å². The van der Waals surface area contributed by atoms with Gasteiger partial charge in [-0.15, -0.1) is 0 Å². The lowest BCUT2D eigenvalue weighted by Crippen LogP contribution is -2.37. The maximum atomic E-state index is 10.8. The minimum atomic E-state index is -0.386. The van der Waals surface area contributed by atoms with Crippen LogP contribution in [-0.2, 0) is 11.3 Å². The molecule has 0 bridgehead atoms. The van der Waals surface area contributed by atoms with E-state index in [1.54, 1.807) is 19.2 Å². The lowest BCUT2D eigenvalue weighted by Gasteiger charge is -2.22. The van der Waals surface area contributed by atoms with Crippen LogP contribution in [0.15, 0.2) is 29.3 Å². The summed E-state index contributed by atoms with van der Waals surface area (Å²) >= 11 is 0. The van der Waals surface area contributed by atoms with Gasteiger partial charge in [0.1, 0.15) is 0 Å². The van der Waals surface area contributed by atoms with Gasteiger partial charge in [-0.05, 0) is 24.8 Å². The molecular weight excluding hydrogens is 320 g/mol. The van der Waals surface area contributed by atoms with Crippen molar-refractivity contribution in [3.63, 3.8) is 0 Å². The van der Waals surface area contributed by atoms with Crippen molar-refractivity contribution in [2.45, 2.75) is 51.2 Å². The van der Waals surface area contributed by atoms with Crippen molar-refractivity contribution in [2.24, 2.45) is 4.99 Å². The zero-order valence-electron chi connectivity index (χ0n) is 14.9. The van der Waals surface area contributed by atoms with Gasteiger partial charge in [-0.25, -0.2) is 0 Å². The van der Waals surface area contributed by atoms with Gasteiger partial charge >= 0.3 is 0 Å². The number of nitro groups is 1. The van der Waals surface area contributed by atoms with Gasteiger partial charge in [0, 0.05) is 38.9 Å². The van der Waals surface area contributed by atoms with Crippen LogP contribution in [0.2, 0.25) is 0 Å². The zero-order valence-corrected chi connectivity index (χ0v) is 14.9. The van der Waals surface area contributed by atoms with Gasteiger partial charge in [-0.1, -0.05) is 31.4 Å². The first-order valence-corrected chi connectivity index (χ1v) is 8.98. The molecule has 0 aliphatic heterocycles. The molecule has 7 nitrogen and oxygen atoms in total. The Morgan fingerprint density at radius 1 is 1.32 bits per heavy atom. The van der Waals surface area contributed by atoms with Crippen molar-refractivity contribution < 1.29 is 9.66 Å². The molecule has 7 heteroatoms. The summed E-state index contributed by atoms with van der Waals surface area (Å²) in [6.07, 6.45) is 7.68. The Morgan fingerprint density at radius 3 is 2.84 bits per heavy atom. The molecule has 1 aliphatic rings. The summed E-state index contributed by atoms with van der Waals surface area (Å²) in [5.74, 6) is 0.684. The van der Waals surface area contributed by atoms with E-state index in [2.05, 4.69) is 15.6 Å². The van der Waals surface area contributed by atoms with Crippen LogP contribution in [-0.4, -0.2) is 37.2 Å². The number of rotatable bonds is 8. The third kappa shape index (κ3) is 7.09. The first kappa shape index (κ1) is 19.2. The second-order valence-electron chi connectivity index (χ2n) is 6.26. The highest BCUT2D eigenvalue weighted by Crippen LogP contribution is 2.20. The maximum absolute atomic E-state index is 10.8. The molecule has 0 aromatic heterocycles. The van der Waals surface area contributed by atoms with Crippen molar-refractivity contribution >= 4 is 11.6 Å². The van der Waals surface area contributed by atoms with Crippen LogP contribution < -0.4 is 10.6 Å². The highest BCUT2D eigenvalue weighted by Gasteiger charge is 2.13. The van der Waals surface area contributed by atoms with Crippen molar-refractivity contribution in [1.29, 1.82) is 0 Å². The third-order valence-electron chi connectivity index (χ3n) is 4.32. The fourth-order valence-electron chi connectivity index (χ4n) is 2.95. The van der Waals surface area contributed by atoms with Crippen LogP contribution in [0.3, 0.4) is 0 Å². The summed E-state index contributed by atoms with van der Waals surface area (Å²) in [7, 11) is 1.71. The molecule has 0 amide bonds. The van der Waals surface area contributed by atoms with Crippen LogP contribution in [0, 0.1) is 10.1 Å². The zero-order chi connectivity index (χ0) is 17.9. The average Bonchev–Trinajstić information content (AvgIpc) is 2.65. The fourth-order valence-corrected chi connectivity index (χ4v) is 2.95. The molecule has 0 saturated heterocycles. The van der Waals surface area contributed by atoms with E-state index in [0.717, 1.165) is 25.1 Å². The molecule has 1 fully saturated rings. The number of aliphatic imine (C=N–C) groups is 1. The van der Waals surface area contributed by atoms with Crippen LogP contribution in [0.25, 0.3) is 0 Å². The first-order valence-electron chi connectivity index (χ1n) is 8.98. The smallest absolute Gasteiger partial charge is 0.269 e. The minimum absolute atomic E-state index is 0.0992. The predicted octanol–water partition coefficient (Wildman–Crippen LogP) is 3.00. The Kier molecular flexibility index (Phi) is 8.18. The Balaban J connectivity index is 1.63. The third-order valence-corrected chi connectivity index (χ3v) is 4.32. The van der Waals surface area contributed by atoms with Crippen LogP contribution >= 0.6 is 0 Å². The van der Waals surface area contributed by atoms with Gasteiger partial charge in [-0.2, -0.15) is 0 Å². The lowest BCUT2D eigenvalue weighted by atomic mass is 9.98. The molecule has 0 heterocycles. The SMILES string of the molecule is CN=C(NCCCOC1CCCCC1)NCc1cccc([N+](=O)[O-])c1. The molecule has 0 atom stereocenters. The summed E-state index contributed by atoms with van der Waals surface area (Å²) in [6, 6.07) is 6.60. The van der Waals surface area contributed by atoms with Gasteiger partial charge in [0.25, 0.3) is 5.69 Å². The molecule has 2 rings (SSSR count). The molecule has 138 valence electrons. The summed E-state index contributed by atoms with van der Waals surface area (Å²) < 4.78 is 5.90. The molecule has 0 radical (unpaired) electrons. The molecule has 1 aromatic carbocycles. The van der Waals surface area contributed by atoms with Gasteiger partial charge < -0.3 is 15.4 Å². The topological polar surface area (TPSA) is 88.8 Å². The number of benzene rings is 1. The van der Waals surface area contributed by atoms with Gasteiger partial charge in [0.2, 0.25) is 0 Å². The number of nitrogens with zero attached hydrogens (tertiary/aromatic N) is 2. The standard InChI is InChI=1S/C18H28N4O3/c1-19-18(20-11-6-12-25-17-9-3-2-4-10-17)21-14-15-7-5-8-16(13-15)22(23)24/h5,7-8,13,17H,2-4,6,9-12,14H2,1H3,(H2,19,20,21). The van der Waals surface area contributed by atoms with E-state index in [9.17, 15) is 10.1 Å². The van der Waals surface area contributed by atoms with E-state index < -0.39 is 0 Å². The number of nitro benzene ring substituents is 1. The van der Waals surface area contributed by atoms with E-state index in [0.29, 0.717) is 18.6 Å². The molecule has 1 aromatic rings. The maximum Gasteiger partial charge on any atom is 0.269 e. The van der Waals surface area contributed by atoms with Crippen molar-refractivity contribution in [3.05, 3.63) is 39.9 Å². The fraction of sp³-hybridized carbons (Fsp3) is 0.611. The predicted molar refractivity (Wildman–Crippen MR) is 98.7 cm³/mol. The Bertz CT molecular complexity index is 571. The summed E-state index contributed by atoms with van der Waals surface area (Å²) in [5.41, 5.74) is 0.944. The number of guanidine groups is 1. The van der Waals surface area contributed by atoms with Crippen LogP contribution in [0.1, 0.15) is 44.1 Å². The Hall–Kier alpha value is -2.15. The monoisotopic (exact) mass is 348 g/mol. The number of nitrogens with one attached hydrogen (secondary N) is 2. The van der Waals surface area contributed by atoms with Gasteiger partial charge in [0.05, 0.1) is 11.0 Å². The molecule has 2 N–H and O–H groups in total. The summed E-state index contributed by atoms with van der Waals surface area (Å²) in [6.45, 7) is 2.03. The van der Waals surface area contributed by atoms with Gasteiger partial charge in [-0.3, -0.25) is 15.1 Å². The molecule has 1 saturated carbocycles. The molecule has 0 spiro atoms. The highest BCUT2D eigenvalue weighted by molar-refractivity contribution is 5.79. The minimum Gasteiger partial charge on any atom is -0.378 e. The second-order valence-corrected chi connectivity index (χ2v) is 6.26. The number of ether oxygens (including phenoxy) is 1. The van der Waals surface area contributed by atoms with E-state index in [1.807, 2.05) is 6.07 Å². The Morgan fingerprint density at radius 2 is 2.12 bits per heavy atom. The first-order chi connectivity index (χ1) is 12.2. The Labute approximate surface area is 149 Å². The second kappa shape index (κ2) is 10.7. The van der Waals surface area contributed by atoms with E-state index in [4.69, 9.17) is 4.74 Å². The number of hydrogen-bond donors (Lipinski definition) is 2. The van der Waals surface area contributed by atoms with Crippen molar-refractivity contribution in [3.8, 4) is 0 Å². The number of hydrogen-bond acceptors (Lipinski definition) is 4. The number of non-ortho nitro benzene ring substituents is 1. The van der Waals surface area contributed by atoms with Gasteiger partial charge in [0.15, 0.2) is 5.96 Å². The summed E-state index contributed by atoms with van der Waals surface area (Å²) in [4.78, 5) is 14.6. The normalized spacial score (nSPS) is 15.8. The van der Waals surface area contributed by atoms with Crippen LogP contribution in [0.4, 0.5) is 5.69 Å². The lowest BCUT2D eigenvalue weighted by molar-refractivity contribution is -0.384. The molecular formula is C18H28N4O3. The highest BCUT2D eigenvalue weighted by atomic mass is 16.6.